The number of carboxylic acids is 1. The third-order valence-electron chi connectivity index (χ3n) is 2.41. The van der Waals surface area contributed by atoms with Gasteiger partial charge in [-0.05, 0) is 26.3 Å². The molecule has 0 spiro atoms. The molecule has 1 heterocycles. The maximum Gasteiger partial charge on any atom is 0.320 e. The number of nitrogens with zero attached hydrogens (tertiary/aromatic N) is 1. The van der Waals surface area contributed by atoms with Gasteiger partial charge in [0.2, 0.25) is 0 Å². The van der Waals surface area contributed by atoms with Gasteiger partial charge >= 0.3 is 5.97 Å². The van der Waals surface area contributed by atoms with Crippen molar-refractivity contribution in [2.75, 3.05) is 13.2 Å². The first kappa shape index (κ1) is 9.48. The quantitative estimate of drug-likeness (QED) is 0.626. The monoisotopic (exact) mass is 173 g/mol. The van der Waals surface area contributed by atoms with Gasteiger partial charge in [-0.25, -0.2) is 0 Å². The molecule has 2 N–H and O–H groups in total. The highest BCUT2D eigenvalue weighted by molar-refractivity contribution is 5.73. The van der Waals surface area contributed by atoms with Crippen molar-refractivity contribution in [2.24, 2.45) is 0 Å². The third kappa shape index (κ3) is 1.76. The Morgan fingerprint density at radius 3 is 2.92 bits per heavy atom. The van der Waals surface area contributed by atoms with Crippen molar-refractivity contribution in [2.45, 2.75) is 31.8 Å². The Morgan fingerprint density at radius 2 is 2.42 bits per heavy atom. The van der Waals surface area contributed by atoms with E-state index >= 15 is 0 Å². The molecular weight excluding hydrogens is 158 g/mol. The highest BCUT2D eigenvalue weighted by atomic mass is 16.4. The van der Waals surface area contributed by atoms with E-state index in [4.69, 9.17) is 10.2 Å². The lowest BCUT2D eigenvalue weighted by Gasteiger charge is -2.26. The Morgan fingerprint density at radius 1 is 1.75 bits per heavy atom. The highest BCUT2D eigenvalue weighted by Gasteiger charge is 2.32. The van der Waals surface area contributed by atoms with Crippen molar-refractivity contribution < 1.29 is 15.0 Å². The number of rotatable bonds is 3. The van der Waals surface area contributed by atoms with E-state index in [1.165, 1.54) is 0 Å². The molecule has 0 aromatic rings. The van der Waals surface area contributed by atoms with E-state index in [0.717, 1.165) is 13.0 Å². The zero-order valence-corrected chi connectivity index (χ0v) is 7.23. The summed E-state index contributed by atoms with van der Waals surface area (Å²) >= 11 is 0. The second-order valence-electron chi connectivity index (χ2n) is 3.27. The summed E-state index contributed by atoms with van der Waals surface area (Å²) in [4.78, 5) is 12.6. The van der Waals surface area contributed by atoms with Crippen LogP contribution in [0.3, 0.4) is 0 Å². The van der Waals surface area contributed by atoms with Crippen LogP contribution in [-0.4, -0.2) is 46.3 Å². The van der Waals surface area contributed by atoms with Crippen LogP contribution in [-0.2, 0) is 4.79 Å². The summed E-state index contributed by atoms with van der Waals surface area (Å²) < 4.78 is 0. The van der Waals surface area contributed by atoms with Crippen molar-refractivity contribution in [3.05, 3.63) is 0 Å². The molecule has 1 aliphatic rings. The van der Waals surface area contributed by atoms with E-state index in [9.17, 15) is 4.79 Å². The summed E-state index contributed by atoms with van der Waals surface area (Å²) in [6.45, 7) is 2.67. The molecule has 12 heavy (non-hydrogen) atoms. The van der Waals surface area contributed by atoms with E-state index in [1.807, 2.05) is 11.8 Å². The predicted octanol–water partition coefficient (Wildman–Crippen LogP) is -0.0838. The van der Waals surface area contributed by atoms with Crippen molar-refractivity contribution >= 4 is 5.97 Å². The Bertz CT molecular complexity index is 172. The normalized spacial score (nSPS) is 27.3. The van der Waals surface area contributed by atoms with Crippen molar-refractivity contribution in [1.82, 2.24) is 4.90 Å². The standard InChI is InChI=1S/C8H15NO3/c1-6(5-10)9-4-2-3-7(9)8(11)12/h6-7,10H,2-5H2,1H3,(H,11,12)/t6?,7-/m0/s1. The third-order valence-corrected chi connectivity index (χ3v) is 2.41. The molecule has 0 aliphatic carbocycles. The number of likely N-dealkylation sites (tertiary alicyclic amines) is 1. The van der Waals surface area contributed by atoms with Crippen LogP contribution < -0.4 is 0 Å². The van der Waals surface area contributed by atoms with Crippen LogP contribution >= 0.6 is 0 Å². The first-order valence-electron chi connectivity index (χ1n) is 4.26. The van der Waals surface area contributed by atoms with Crippen LogP contribution in [0.5, 0.6) is 0 Å². The van der Waals surface area contributed by atoms with Crippen LogP contribution in [0.1, 0.15) is 19.8 Å². The van der Waals surface area contributed by atoms with Crippen molar-refractivity contribution in [1.29, 1.82) is 0 Å². The number of aliphatic carboxylic acids is 1. The molecule has 0 radical (unpaired) electrons. The lowest BCUT2D eigenvalue weighted by Crippen LogP contribution is -2.43. The molecule has 0 bridgehead atoms. The number of aliphatic hydroxyl groups is 1. The molecule has 0 aromatic heterocycles. The number of aliphatic hydroxyl groups excluding tert-OH is 1. The van der Waals surface area contributed by atoms with Gasteiger partial charge in [0.25, 0.3) is 0 Å². The molecule has 1 aliphatic heterocycles. The number of hydrogen-bond acceptors (Lipinski definition) is 3. The topological polar surface area (TPSA) is 60.8 Å². The lowest BCUT2D eigenvalue weighted by atomic mass is 10.2. The predicted molar refractivity (Wildman–Crippen MR) is 43.9 cm³/mol. The summed E-state index contributed by atoms with van der Waals surface area (Å²) in [6.07, 6.45) is 1.63. The van der Waals surface area contributed by atoms with Gasteiger partial charge in [0.1, 0.15) is 6.04 Å². The molecule has 0 saturated carbocycles. The summed E-state index contributed by atoms with van der Waals surface area (Å²) in [5, 5.41) is 17.7. The molecule has 0 aromatic carbocycles. The Hall–Kier alpha value is -0.610. The second kappa shape index (κ2) is 3.87. The van der Waals surface area contributed by atoms with E-state index < -0.39 is 5.97 Å². The maximum absolute atomic E-state index is 10.7. The van der Waals surface area contributed by atoms with Gasteiger partial charge in [-0.1, -0.05) is 0 Å². The first-order valence-corrected chi connectivity index (χ1v) is 4.26. The average molecular weight is 173 g/mol. The van der Waals surface area contributed by atoms with Gasteiger partial charge in [-0.2, -0.15) is 0 Å². The summed E-state index contributed by atoms with van der Waals surface area (Å²) in [5.74, 6) is -0.771. The largest absolute Gasteiger partial charge is 0.480 e. The highest BCUT2D eigenvalue weighted by Crippen LogP contribution is 2.19. The van der Waals surface area contributed by atoms with Gasteiger partial charge in [0, 0.05) is 6.04 Å². The molecule has 4 nitrogen and oxygen atoms in total. The number of hydrogen-bond donors (Lipinski definition) is 2. The molecule has 4 heteroatoms. The number of carbonyl (C=O) groups is 1. The molecule has 1 saturated heterocycles. The fourth-order valence-corrected chi connectivity index (χ4v) is 1.69. The van der Waals surface area contributed by atoms with Crippen LogP contribution in [0.25, 0.3) is 0 Å². The lowest BCUT2D eigenvalue weighted by molar-refractivity contribution is -0.143. The minimum atomic E-state index is -0.771. The van der Waals surface area contributed by atoms with E-state index in [-0.39, 0.29) is 18.7 Å². The van der Waals surface area contributed by atoms with E-state index in [1.54, 1.807) is 0 Å². The molecule has 1 fully saturated rings. The summed E-state index contributed by atoms with van der Waals surface area (Å²) in [6, 6.07) is -0.416. The van der Waals surface area contributed by atoms with Crippen LogP contribution in [0, 0.1) is 0 Å². The molecule has 1 unspecified atom stereocenters. The van der Waals surface area contributed by atoms with Crippen LogP contribution in [0.15, 0.2) is 0 Å². The van der Waals surface area contributed by atoms with Crippen molar-refractivity contribution in [3.63, 3.8) is 0 Å². The minimum Gasteiger partial charge on any atom is -0.480 e. The molecule has 1 rings (SSSR count). The Labute approximate surface area is 71.8 Å². The molecular formula is C8H15NO3. The fourth-order valence-electron chi connectivity index (χ4n) is 1.69. The summed E-state index contributed by atoms with van der Waals surface area (Å²) in [7, 11) is 0. The van der Waals surface area contributed by atoms with Gasteiger partial charge in [0.05, 0.1) is 6.61 Å². The van der Waals surface area contributed by atoms with Crippen LogP contribution in [0.2, 0.25) is 0 Å². The second-order valence-corrected chi connectivity index (χ2v) is 3.27. The molecule has 70 valence electrons. The minimum absolute atomic E-state index is 0.0315. The first-order chi connectivity index (χ1) is 5.66. The van der Waals surface area contributed by atoms with Crippen LogP contribution in [0.4, 0.5) is 0 Å². The number of carboxylic acid groups (broad SMARTS) is 1. The maximum atomic E-state index is 10.7. The van der Waals surface area contributed by atoms with Gasteiger partial charge in [-0.15, -0.1) is 0 Å². The molecule has 0 amide bonds. The average Bonchev–Trinajstić information content (AvgIpc) is 2.50. The molecule has 2 atom stereocenters. The van der Waals surface area contributed by atoms with Gasteiger partial charge < -0.3 is 10.2 Å². The zero-order valence-electron chi connectivity index (χ0n) is 7.23. The van der Waals surface area contributed by atoms with Gasteiger partial charge in [0.15, 0.2) is 0 Å². The fraction of sp³-hybridized carbons (Fsp3) is 0.875. The summed E-state index contributed by atoms with van der Waals surface area (Å²) in [5.41, 5.74) is 0. The smallest absolute Gasteiger partial charge is 0.320 e. The van der Waals surface area contributed by atoms with E-state index in [0.29, 0.717) is 6.42 Å². The van der Waals surface area contributed by atoms with Crippen molar-refractivity contribution in [3.8, 4) is 0 Å². The Balaban J connectivity index is 2.57. The van der Waals surface area contributed by atoms with Gasteiger partial charge in [-0.3, -0.25) is 9.69 Å². The zero-order chi connectivity index (χ0) is 9.14. The Kier molecular flexibility index (Phi) is 3.05. The SMILES string of the molecule is CC(CO)N1CCC[C@H]1C(=O)O. The van der Waals surface area contributed by atoms with E-state index in [2.05, 4.69) is 0 Å².